The number of anilines is 1. The average Bonchev–Trinajstić information content (AvgIpc) is 2.67. The fraction of sp³-hybridized carbons (Fsp3) is 0.304. The second-order valence-corrected chi connectivity index (χ2v) is 8.10. The van der Waals surface area contributed by atoms with Gasteiger partial charge in [0.25, 0.3) is 5.91 Å². The molecule has 6 nitrogen and oxygen atoms in total. The number of nitrogens with one attached hydrogen (secondary N) is 1. The number of rotatable bonds is 4. The molecule has 0 atom stereocenters. The first-order chi connectivity index (χ1) is 14.6. The van der Waals surface area contributed by atoms with Crippen LogP contribution in [0.2, 0.25) is 0 Å². The van der Waals surface area contributed by atoms with Crippen LogP contribution in [0.5, 0.6) is 11.5 Å². The van der Waals surface area contributed by atoms with Gasteiger partial charge >= 0.3 is 5.63 Å². The second-order valence-electron chi connectivity index (χ2n) is 8.10. The van der Waals surface area contributed by atoms with Gasteiger partial charge in [-0.25, -0.2) is 13.6 Å². The van der Waals surface area contributed by atoms with Gasteiger partial charge in [-0.2, -0.15) is 0 Å². The summed E-state index contributed by atoms with van der Waals surface area (Å²) in [5, 5.41) is 2.73. The Morgan fingerprint density at radius 2 is 1.94 bits per heavy atom. The van der Waals surface area contributed by atoms with Crippen LogP contribution in [0.25, 0.3) is 11.0 Å². The van der Waals surface area contributed by atoms with Gasteiger partial charge in [0, 0.05) is 17.7 Å². The number of para-hydroxylation sites is 1. The quantitative estimate of drug-likeness (QED) is 0.618. The lowest BCUT2D eigenvalue weighted by Crippen LogP contribution is -2.32. The summed E-state index contributed by atoms with van der Waals surface area (Å²) in [7, 11) is 0. The van der Waals surface area contributed by atoms with Crippen molar-refractivity contribution < 1.29 is 27.5 Å². The van der Waals surface area contributed by atoms with Crippen LogP contribution in [0.4, 0.5) is 14.5 Å². The molecule has 1 aromatic heterocycles. The molecular formula is C23H21F2NO5. The summed E-state index contributed by atoms with van der Waals surface area (Å²) >= 11 is 0. The van der Waals surface area contributed by atoms with Gasteiger partial charge in [0.1, 0.15) is 40.0 Å². The van der Waals surface area contributed by atoms with Gasteiger partial charge in [-0.05, 0) is 51.3 Å². The molecule has 3 aromatic rings. The summed E-state index contributed by atoms with van der Waals surface area (Å²) in [6.07, 6.45) is 1.39. The van der Waals surface area contributed by atoms with Crippen molar-refractivity contribution in [2.24, 2.45) is 0 Å². The topological polar surface area (TPSA) is 77.8 Å². The van der Waals surface area contributed by atoms with Crippen LogP contribution in [0.3, 0.4) is 0 Å². The van der Waals surface area contributed by atoms with E-state index in [-0.39, 0.29) is 5.75 Å². The summed E-state index contributed by atoms with van der Waals surface area (Å²) in [6, 6.07) is 6.28. The molecule has 1 amide bonds. The summed E-state index contributed by atoms with van der Waals surface area (Å²) in [5.41, 5.74) is 0.283. The number of ether oxygens (including phenoxy) is 2. The maximum atomic E-state index is 13.8. The van der Waals surface area contributed by atoms with Gasteiger partial charge < -0.3 is 19.2 Å². The largest absolute Gasteiger partial charge is 0.487 e. The molecule has 0 saturated carbocycles. The van der Waals surface area contributed by atoms with Crippen LogP contribution in [-0.2, 0) is 11.2 Å². The number of amides is 1. The van der Waals surface area contributed by atoms with Gasteiger partial charge in [0.2, 0.25) is 0 Å². The lowest BCUT2D eigenvalue weighted by Gasteiger charge is -2.33. The number of fused-ring (bicyclic) bond motifs is 3. The van der Waals surface area contributed by atoms with E-state index in [0.717, 1.165) is 24.1 Å². The Morgan fingerprint density at radius 1 is 1.23 bits per heavy atom. The van der Waals surface area contributed by atoms with Crippen LogP contribution in [0, 0.1) is 18.6 Å². The fourth-order valence-electron chi connectivity index (χ4n) is 3.67. The van der Waals surface area contributed by atoms with Gasteiger partial charge in [0.15, 0.2) is 6.61 Å². The molecule has 0 aliphatic carbocycles. The zero-order valence-electron chi connectivity index (χ0n) is 17.3. The highest BCUT2D eigenvalue weighted by atomic mass is 19.1. The predicted octanol–water partition coefficient (Wildman–Crippen LogP) is 4.50. The Balaban J connectivity index is 1.67. The summed E-state index contributed by atoms with van der Waals surface area (Å²) < 4.78 is 44.8. The number of hydrogen-bond acceptors (Lipinski definition) is 5. The molecule has 2 heterocycles. The van der Waals surface area contributed by atoms with Crippen molar-refractivity contribution in [3.05, 3.63) is 63.5 Å². The van der Waals surface area contributed by atoms with Crippen LogP contribution in [0.15, 0.2) is 39.5 Å². The predicted molar refractivity (Wildman–Crippen MR) is 111 cm³/mol. The molecule has 0 spiro atoms. The molecule has 1 aliphatic heterocycles. The van der Waals surface area contributed by atoms with E-state index in [1.165, 1.54) is 12.1 Å². The van der Waals surface area contributed by atoms with Gasteiger partial charge in [0.05, 0.1) is 5.39 Å². The van der Waals surface area contributed by atoms with Crippen LogP contribution in [0.1, 0.15) is 31.4 Å². The zero-order valence-corrected chi connectivity index (χ0v) is 17.3. The lowest BCUT2D eigenvalue weighted by molar-refractivity contribution is -0.118. The first kappa shape index (κ1) is 20.8. The SMILES string of the molecule is Cc1cc(=O)oc2c3c(cc(OCC(=O)Nc4c(F)cccc4F)c12)OC(C)(C)CC3. The number of aryl methyl sites for hydroxylation is 2. The number of carbonyl (C=O) groups is 1. The molecule has 1 N–H and O–H groups in total. The van der Waals surface area contributed by atoms with Crippen molar-refractivity contribution in [2.75, 3.05) is 11.9 Å². The summed E-state index contributed by atoms with van der Waals surface area (Å²) in [5.74, 6) is -1.74. The smallest absolute Gasteiger partial charge is 0.336 e. The third kappa shape index (κ3) is 4.10. The van der Waals surface area contributed by atoms with Crippen molar-refractivity contribution in [3.63, 3.8) is 0 Å². The number of halogens is 2. The fourth-order valence-corrected chi connectivity index (χ4v) is 3.67. The minimum Gasteiger partial charge on any atom is -0.487 e. The third-order valence-corrected chi connectivity index (χ3v) is 5.19. The Hall–Kier alpha value is -3.42. The van der Waals surface area contributed by atoms with E-state index in [1.54, 1.807) is 13.0 Å². The summed E-state index contributed by atoms with van der Waals surface area (Å²) in [4.78, 5) is 24.3. The van der Waals surface area contributed by atoms with Gasteiger partial charge in [-0.15, -0.1) is 0 Å². The van der Waals surface area contributed by atoms with Crippen molar-refractivity contribution >= 4 is 22.6 Å². The minimum absolute atomic E-state index is 0.275. The Morgan fingerprint density at radius 3 is 2.65 bits per heavy atom. The monoisotopic (exact) mass is 429 g/mol. The van der Waals surface area contributed by atoms with E-state index >= 15 is 0 Å². The highest BCUT2D eigenvalue weighted by molar-refractivity contribution is 5.94. The molecule has 8 heteroatoms. The average molecular weight is 429 g/mol. The molecule has 0 fully saturated rings. The van der Waals surface area contributed by atoms with Crippen molar-refractivity contribution in [3.8, 4) is 11.5 Å². The van der Waals surface area contributed by atoms with E-state index in [4.69, 9.17) is 13.9 Å². The first-order valence-electron chi connectivity index (χ1n) is 9.80. The molecule has 0 unspecified atom stereocenters. The van der Waals surface area contributed by atoms with Gasteiger partial charge in [-0.1, -0.05) is 6.07 Å². The third-order valence-electron chi connectivity index (χ3n) is 5.19. The van der Waals surface area contributed by atoms with Crippen LogP contribution in [-0.4, -0.2) is 18.1 Å². The lowest BCUT2D eigenvalue weighted by atomic mass is 9.92. The normalized spacial score (nSPS) is 14.6. The van der Waals surface area contributed by atoms with Crippen molar-refractivity contribution in [1.29, 1.82) is 0 Å². The molecular weight excluding hydrogens is 408 g/mol. The number of benzene rings is 2. The van der Waals surface area contributed by atoms with Crippen LogP contribution >= 0.6 is 0 Å². The summed E-state index contributed by atoms with van der Waals surface area (Å²) in [6.45, 7) is 5.12. The van der Waals surface area contributed by atoms with E-state index < -0.39 is 41.1 Å². The van der Waals surface area contributed by atoms with E-state index in [9.17, 15) is 18.4 Å². The molecule has 0 radical (unpaired) electrons. The molecule has 0 bridgehead atoms. The molecule has 4 rings (SSSR count). The first-order valence-corrected chi connectivity index (χ1v) is 9.80. The standard InChI is InChI=1S/C23H21F2NO5/c1-12-9-19(28)30-22-13-7-8-23(2,3)31-16(13)10-17(20(12)22)29-11-18(27)26-21-14(24)5-4-6-15(21)25/h4-6,9-10H,7-8,11H2,1-3H3,(H,26,27). The van der Waals surface area contributed by atoms with Gasteiger partial charge in [-0.3, -0.25) is 4.79 Å². The Bertz CT molecular complexity index is 1230. The molecule has 0 saturated heterocycles. The van der Waals surface area contributed by atoms with E-state index in [1.807, 2.05) is 13.8 Å². The molecule has 1 aliphatic rings. The molecule has 2 aromatic carbocycles. The Labute approximate surface area is 176 Å². The molecule has 162 valence electrons. The minimum atomic E-state index is -0.888. The van der Waals surface area contributed by atoms with Crippen LogP contribution < -0.4 is 20.4 Å². The zero-order chi connectivity index (χ0) is 22.3. The maximum absolute atomic E-state index is 13.8. The highest BCUT2D eigenvalue weighted by Crippen LogP contribution is 2.42. The second kappa shape index (κ2) is 7.68. The number of hydrogen-bond donors (Lipinski definition) is 1. The van der Waals surface area contributed by atoms with Crippen molar-refractivity contribution in [2.45, 2.75) is 39.2 Å². The molecule has 31 heavy (non-hydrogen) atoms. The Kier molecular flexibility index (Phi) is 5.16. The maximum Gasteiger partial charge on any atom is 0.336 e. The number of carbonyl (C=O) groups excluding carboxylic acids is 1. The van der Waals surface area contributed by atoms with Crippen molar-refractivity contribution in [1.82, 2.24) is 0 Å². The highest BCUT2D eigenvalue weighted by Gasteiger charge is 2.30. The van der Waals surface area contributed by atoms with E-state index in [2.05, 4.69) is 5.32 Å². The van der Waals surface area contributed by atoms with E-state index in [0.29, 0.717) is 28.7 Å².